The van der Waals surface area contributed by atoms with E-state index in [1.165, 1.54) is 0 Å². The van der Waals surface area contributed by atoms with Crippen molar-refractivity contribution in [3.05, 3.63) is 81.4 Å². The van der Waals surface area contributed by atoms with Gasteiger partial charge in [-0.15, -0.1) is 11.3 Å². The lowest BCUT2D eigenvalue weighted by Crippen LogP contribution is -2.35. The van der Waals surface area contributed by atoms with E-state index in [9.17, 15) is 14.7 Å². The number of pyridine rings is 2. The maximum atomic E-state index is 11.5. The predicted octanol–water partition coefficient (Wildman–Crippen LogP) is 7.29. The van der Waals surface area contributed by atoms with Crippen LogP contribution < -0.4 is 20.7 Å². The SMILES string of the molecule is COc1nc(-c2cccc(-c3cccc(Nc4nccc5sc(CN6CCCC6CC(=O)O)nc45)c3Cl)c2Cl)ccc1CNC[C@H]1CCC(=O)N1. The molecule has 11 nitrogen and oxygen atoms in total. The van der Waals surface area contributed by atoms with Gasteiger partial charge in [-0.1, -0.05) is 59.6 Å². The molecule has 2 fully saturated rings. The lowest BCUT2D eigenvalue weighted by molar-refractivity contribution is -0.138. The Morgan fingerprint density at radius 1 is 1.06 bits per heavy atom. The van der Waals surface area contributed by atoms with Gasteiger partial charge >= 0.3 is 5.97 Å². The molecule has 0 aliphatic carbocycles. The molecule has 2 aromatic carbocycles. The lowest BCUT2D eigenvalue weighted by Gasteiger charge is -2.21. The number of nitrogens with zero attached hydrogens (tertiary/aromatic N) is 4. The molecule has 2 saturated heterocycles. The molecule has 2 aliphatic heterocycles. The van der Waals surface area contributed by atoms with Crippen molar-refractivity contribution in [1.82, 2.24) is 30.5 Å². The van der Waals surface area contributed by atoms with E-state index >= 15 is 0 Å². The Balaban J connectivity index is 1.10. The van der Waals surface area contributed by atoms with Crippen LogP contribution in [0.5, 0.6) is 5.88 Å². The Morgan fingerprint density at radius 2 is 1.86 bits per heavy atom. The lowest BCUT2D eigenvalue weighted by atomic mass is 10.00. The number of carboxylic acid groups (broad SMARTS) is 1. The van der Waals surface area contributed by atoms with Crippen molar-refractivity contribution in [1.29, 1.82) is 0 Å². The number of methoxy groups -OCH3 is 1. The van der Waals surface area contributed by atoms with Gasteiger partial charge in [0, 0.05) is 60.0 Å². The number of carbonyl (C=O) groups excluding carboxylic acids is 1. The number of ether oxygens (including phenoxy) is 1. The highest BCUT2D eigenvalue weighted by atomic mass is 35.5. The van der Waals surface area contributed by atoms with Crippen molar-refractivity contribution in [2.45, 2.75) is 57.3 Å². The zero-order chi connectivity index (χ0) is 35.5. The minimum Gasteiger partial charge on any atom is -0.481 e. The molecule has 1 amide bonds. The van der Waals surface area contributed by atoms with Crippen molar-refractivity contribution in [2.75, 3.05) is 25.5 Å². The molecule has 7 rings (SSSR count). The van der Waals surface area contributed by atoms with Crippen LogP contribution in [-0.2, 0) is 22.7 Å². The Labute approximate surface area is 309 Å². The molecule has 51 heavy (non-hydrogen) atoms. The van der Waals surface area contributed by atoms with Gasteiger partial charge in [0.15, 0.2) is 5.82 Å². The zero-order valence-corrected chi connectivity index (χ0v) is 30.2. The summed E-state index contributed by atoms with van der Waals surface area (Å²) in [5.74, 6) is 0.393. The minimum absolute atomic E-state index is 0.0235. The number of amides is 1. The topological polar surface area (TPSA) is 142 Å². The second kappa shape index (κ2) is 15.5. The molecule has 2 atom stereocenters. The number of aliphatic carboxylic acids is 1. The average Bonchev–Trinajstić information content (AvgIpc) is 3.86. The van der Waals surface area contributed by atoms with Gasteiger partial charge in [-0.2, -0.15) is 0 Å². The molecule has 0 bridgehead atoms. The first-order chi connectivity index (χ1) is 24.8. The number of nitrogens with one attached hydrogen (secondary N) is 3. The summed E-state index contributed by atoms with van der Waals surface area (Å²) in [4.78, 5) is 39.4. The van der Waals surface area contributed by atoms with Gasteiger partial charge in [0.05, 0.1) is 46.2 Å². The quantitative estimate of drug-likeness (QED) is 0.0971. The van der Waals surface area contributed by atoms with Gasteiger partial charge in [0.25, 0.3) is 0 Å². The molecule has 1 unspecified atom stereocenters. The Hall–Kier alpha value is -4.33. The van der Waals surface area contributed by atoms with E-state index in [1.54, 1.807) is 24.6 Å². The van der Waals surface area contributed by atoms with Crippen molar-refractivity contribution in [3.8, 4) is 28.3 Å². The summed E-state index contributed by atoms with van der Waals surface area (Å²) in [7, 11) is 1.59. The Bertz CT molecular complexity index is 2090. The van der Waals surface area contributed by atoms with E-state index in [1.807, 2.05) is 54.6 Å². The Morgan fingerprint density at radius 3 is 2.65 bits per heavy atom. The third-order valence-corrected chi connectivity index (χ3v) is 11.2. The second-order valence-electron chi connectivity index (χ2n) is 12.7. The highest BCUT2D eigenvalue weighted by Gasteiger charge is 2.28. The molecular formula is C37H37Cl2N7O4S. The number of halogens is 2. The third-order valence-electron chi connectivity index (χ3n) is 9.34. The van der Waals surface area contributed by atoms with Gasteiger partial charge < -0.3 is 25.8 Å². The van der Waals surface area contributed by atoms with E-state index in [-0.39, 0.29) is 24.4 Å². The van der Waals surface area contributed by atoms with Gasteiger partial charge in [-0.25, -0.2) is 15.0 Å². The first-order valence-electron chi connectivity index (χ1n) is 16.9. The molecule has 14 heteroatoms. The zero-order valence-electron chi connectivity index (χ0n) is 27.9. The fraction of sp³-hybridized carbons (Fsp3) is 0.324. The first-order valence-corrected chi connectivity index (χ1v) is 18.4. The molecule has 5 aromatic rings. The highest BCUT2D eigenvalue weighted by molar-refractivity contribution is 7.18. The van der Waals surface area contributed by atoms with Gasteiger partial charge in [0.1, 0.15) is 10.5 Å². The standard InChI is InChI=1S/C37H37Cl2N7O4S/c1-50-37-21(18-40-19-22-11-13-30(47)42-22)10-12-27(44-37)26-8-2-6-24(33(26)38)25-7-3-9-28(34(25)39)43-36-35-29(14-15-41-36)51-31(45-35)20-46-16-4-5-23(46)17-32(48)49/h2-3,6-10,12,14-15,22-23,40H,4-5,11,13,16-20H2,1H3,(H,41,43)(H,42,47)(H,48,49)/t22-,23?/m1/s1. The van der Waals surface area contributed by atoms with Crippen LogP contribution in [0.2, 0.25) is 10.0 Å². The molecular weight excluding hydrogens is 709 g/mol. The summed E-state index contributed by atoms with van der Waals surface area (Å²) in [6.45, 7) is 2.68. The summed E-state index contributed by atoms with van der Waals surface area (Å²) in [5, 5.41) is 21.0. The van der Waals surface area contributed by atoms with Gasteiger partial charge in [0.2, 0.25) is 11.8 Å². The molecule has 2 aliphatic rings. The van der Waals surface area contributed by atoms with E-state index in [0.717, 1.165) is 63.3 Å². The van der Waals surface area contributed by atoms with Crippen molar-refractivity contribution in [2.24, 2.45) is 0 Å². The maximum Gasteiger partial charge on any atom is 0.304 e. The summed E-state index contributed by atoms with van der Waals surface area (Å²) >= 11 is 15.8. The van der Waals surface area contributed by atoms with E-state index in [4.69, 9.17) is 37.9 Å². The number of carbonyl (C=O) groups is 2. The fourth-order valence-corrected chi connectivity index (χ4v) is 8.40. The number of anilines is 2. The molecule has 0 spiro atoms. The Kier molecular flexibility index (Phi) is 10.7. The highest BCUT2D eigenvalue weighted by Crippen LogP contribution is 2.42. The number of rotatable bonds is 13. The number of thiazole rings is 1. The van der Waals surface area contributed by atoms with E-state index in [0.29, 0.717) is 59.2 Å². The molecule has 5 heterocycles. The van der Waals surface area contributed by atoms with E-state index < -0.39 is 5.97 Å². The van der Waals surface area contributed by atoms with Crippen LogP contribution in [0.15, 0.2) is 60.8 Å². The van der Waals surface area contributed by atoms with Crippen LogP contribution in [0, 0.1) is 0 Å². The van der Waals surface area contributed by atoms with Crippen LogP contribution in [0.4, 0.5) is 11.5 Å². The average molecular weight is 747 g/mol. The number of fused-ring (bicyclic) bond motifs is 1. The smallest absolute Gasteiger partial charge is 0.304 e. The van der Waals surface area contributed by atoms with E-state index in [2.05, 4.69) is 25.8 Å². The number of benzene rings is 2. The second-order valence-corrected chi connectivity index (χ2v) is 14.6. The van der Waals surface area contributed by atoms with Crippen molar-refractivity contribution < 1.29 is 19.4 Å². The van der Waals surface area contributed by atoms with Gasteiger partial charge in [-0.3, -0.25) is 14.5 Å². The monoisotopic (exact) mass is 745 g/mol. The molecule has 4 N–H and O–H groups in total. The van der Waals surface area contributed by atoms with Crippen LogP contribution in [0.3, 0.4) is 0 Å². The molecule has 0 saturated carbocycles. The number of hydrogen-bond donors (Lipinski definition) is 4. The fourth-order valence-electron chi connectivity index (χ4n) is 6.81. The van der Waals surface area contributed by atoms with Crippen LogP contribution in [0.1, 0.15) is 42.7 Å². The molecule has 264 valence electrons. The minimum atomic E-state index is -0.775. The molecule has 0 radical (unpaired) electrons. The summed E-state index contributed by atoms with van der Waals surface area (Å²) in [5.41, 5.74) is 5.17. The number of aromatic nitrogens is 3. The largest absolute Gasteiger partial charge is 0.481 e. The first kappa shape index (κ1) is 35.1. The number of hydrogen-bond acceptors (Lipinski definition) is 10. The summed E-state index contributed by atoms with van der Waals surface area (Å²) < 4.78 is 6.63. The number of likely N-dealkylation sites (tertiary alicyclic amines) is 1. The third kappa shape index (κ3) is 7.80. The van der Waals surface area contributed by atoms with Gasteiger partial charge in [-0.05, 0) is 44.0 Å². The van der Waals surface area contributed by atoms with Crippen LogP contribution in [-0.4, -0.2) is 69.1 Å². The summed E-state index contributed by atoms with van der Waals surface area (Å²) in [6.07, 6.45) is 5.14. The maximum absolute atomic E-state index is 11.5. The van der Waals surface area contributed by atoms with Crippen LogP contribution >= 0.6 is 34.5 Å². The predicted molar refractivity (Wildman–Crippen MR) is 201 cm³/mol. The molecule has 3 aromatic heterocycles. The van der Waals surface area contributed by atoms with Crippen molar-refractivity contribution >= 4 is 68.1 Å². The van der Waals surface area contributed by atoms with Crippen molar-refractivity contribution in [3.63, 3.8) is 0 Å². The van der Waals surface area contributed by atoms with Crippen LogP contribution in [0.25, 0.3) is 32.6 Å². The normalized spacial score (nSPS) is 17.6. The number of carboxylic acids is 1. The summed E-state index contributed by atoms with van der Waals surface area (Å²) in [6, 6.07) is 17.5.